The molecule has 0 amide bonds. The molecule has 0 aromatic rings. The second-order valence-corrected chi connectivity index (χ2v) is 4.08. The lowest BCUT2D eigenvalue weighted by atomic mass is 10.2. The molecule has 0 radical (unpaired) electrons. The Labute approximate surface area is 71.9 Å². The van der Waals surface area contributed by atoms with Gasteiger partial charge in [0.15, 0.2) is 3.55 Å². The van der Waals surface area contributed by atoms with Crippen LogP contribution in [0.2, 0.25) is 0 Å². The molecule has 1 atom stereocenters. The predicted octanol–water partition coefficient (Wildman–Crippen LogP) is 0.687. The lowest BCUT2D eigenvalue weighted by Gasteiger charge is -2.22. The Kier molecular flexibility index (Phi) is 2.16. The van der Waals surface area contributed by atoms with Gasteiger partial charge in [-0.3, -0.25) is 0 Å². The standard InChI is InChI=1S/C5H8INO3/c6-5(4(8)9)2-1-3-7(5)10/h10H,1-3H2,(H,8,9). The van der Waals surface area contributed by atoms with Gasteiger partial charge in [0.2, 0.25) is 0 Å². The maximum Gasteiger partial charge on any atom is 0.336 e. The highest BCUT2D eigenvalue weighted by Gasteiger charge is 2.45. The number of alkyl halides is 1. The number of carboxylic acid groups (broad SMARTS) is 1. The molecule has 1 saturated heterocycles. The average Bonchev–Trinajstić information content (AvgIpc) is 2.15. The van der Waals surface area contributed by atoms with Gasteiger partial charge in [0.25, 0.3) is 0 Å². The van der Waals surface area contributed by atoms with Crippen molar-refractivity contribution in [3.63, 3.8) is 0 Å². The Morgan fingerprint density at radius 2 is 2.30 bits per heavy atom. The Balaban J connectivity index is 2.75. The maximum atomic E-state index is 10.5. The molecule has 1 heterocycles. The minimum absolute atomic E-state index is 0.454. The van der Waals surface area contributed by atoms with Crippen molar-refractivity contribution in [2.75, 3.05) is 6.54 Å². The molecule has 0 saturated carbocycles. The first-order valence-electron chi connectivity index (χ1n) is 2.96. The number of hydrogen-bond donors (Lipinski definition) is 2. The summed E-state index contributed by atoms with van der Waals surface area (Å²) in [5.41, 5.74) is 0. The summed E-state index contributed by atoms with van der Waals surface area (Å²) in [4.78, 5) is 10.5. The molecule has 5 heteroatoms. The third kappa shape index (κ3) is 1.13. The molecule has 1 aliphatic rings. The molecule has 1 aliphatic heterocycles. The van der Waals surface area contributed by atoms with E-state index >= 15 is 0 Å². The zero-order chi connectivity index (χ0) is 7.78. The Morgan fingerprint density at radius 3 is 2.50 bits per heavy atom. The molecule has 1 rings (SSSR count). The zero-order valence-electron chi connectivity index (χ0n) is 5.25. The van der Waals surface area contributed by atoms with Gasteiger partial charge in [0.05, 0.1) is 0 Å². The van der Waals surface area contributed by atoms with Crippen molar-refractivity contribution in [2.24, 2.45) is 0 Å². The third-order valence-corrected chi connectivity index (χ3v) is 3.17. The Morgan fingerprint density at radius 1 is 1.70 bits per heavy atom. The van der Waals surface area contributed by atoms with E-state index in [1.54, 1.807) is 22.6 Å². The summed E-state index contributed by atoms with van der Waals surface area (Å²) < 4.78 is -1.07. The van der Waals surface area contributed by atoms with Crippen LogP contribution in [-0.2, 0) is 4.79 Å². The summed E-state index contributed by atoms with van der Waals surface area (Å²) >= 11 is 1.76. The molecule has 0 aromatic heterocycles. The predicted molar refractivity (Wildman–Crippen MR) is 42.1 cm³/mol. The van der Waals surface area contributed by atoms with Gasteiger partial charge < -0.3 is 10.3 Å². The first kappa shape index (κ1) is 8.22. The highest BCUT2D eigenvalue weighted by molar-refractivity contribution is 14.1. The number of hydroxylamine groups is 2. The van der Waals surface area contributed by atoms with Crippen LogP contribution in [-0.4, -0.2) is 31.4 Å². The fourth-order valence-electron chi connectivity index (χ4n) is 0.987. The largest absolute Gasteiger partial charge is 0.479 e. The van der Waals surface area contributed by atoms with E-state index in [0.29, 0.717) is 13.0 Å². The van der Waals surface area contributed by atoms with E-state index in [1.807, 2.05) is 0 Å². The quantitative estimate of drug-likeness (QED) is 0.412. The normalized spacial score (nSPS) is 34.6. The summed E-state index contributed by atoms with van der Waals surface area (Å²) in [6.07, 6.45) is 1.26. The fourth-order valence-corrected chi connectivity index (χ4v) is 1.61. The SMILES string of the molecule is O=C(O)C1(I)CCCN1O. The van der Waals surface area contributed by atoms with Crippen molar-refractivity contribution in [1.29, 1.82) is 0 Å². The second kappa shape index (κ2) is 2.63. The van der Waals surface area contributed by atoms with Crippen molar-refractivity contribution in [3.05, 3.63) is 0 Å². The average molecular weight is 257 g/mol. The molecule has 4 nitrogen and oxygen atoms in total. The van der Waals surface area contributed by atoms with Gasteiger partial charge in [0.1, 0.15) is 0 Å². The summed E-state index contributed by atoms with van der Waals surface area (Å²) in [5.74, 6) is -0.965. The second-order valence-electron chi connectivity index (χ2n) is 2.29. The van der Waals surface area contributed by atoms with Gasteiger partial charge in [-0.05, 0) is 35.4 Å². The van der Waals surface area contributed by atoms with Crippen LogP contribution in [0, 0.1) is 0 Å². The van der Waals surface area contributed by atoms with Crippen molar-refractivity contribution in [3.8, 4) is 0 Å². The fraction of sp³-hybridized carbons (Fsp3) is 0.800. The maximum absolute atomic E-state index is 10.5. The van der Waals surface area contributed by atoms with Crippen LogP contribution in [0.15, 0.2) is 0 Å². The molecule has 0 bridgehead atoms. The minimum Gasteiger partial charge on any atom is -0.479 e. The number of nitrogens with zero attached hydrogens (tertiary/aromatic N) is 1. The number of carbonyl (C=O) groups is 1. The van der Waals surface area contributed by atoms with Crippen molar-refractivity contribution in [1.82, 2.24) is 5.06 Å². The van der Waals surface area contributed by atoms with Crippen LogP contribution in [0.25, 0.3) is 0 Å². The van der Waals surface area contributed by atoms with Gasteiger partial charge >= 0.3 is 5.97 Å². The molecule has 1 unspecified atom stereocenters. The number of hydrogen-bond acceptors (Lipinski definition) is 3. The summed E-state index contributed by atoms with van der Waals surface area (Å²) in [7, 11) is 0. The van der Waals surface area contributed by atoms with Crippen LogP contribution in [0.1, 0.15) is 12.8 Å². The number of carboxylic acids is 1. The van der Waals surface area contributed by atoms with E-state index in [2.05, 4.69) is 0 Å². The van der Waals surface area contributed by atoms with Crippen molar-refractivity contribution in [2.45, 2.75) is 16.4 Å². The van der Waals surface area contributed by atoms with E-state index in [-0.39, 0.29) is 0 Å². The monoisotopic (exact) mass is 257 g/mol. The molecule has 0 aromatic carbocycles. The minimum atomic E-state index is -1.07. The van der Waals surface area contributed by atoms with E-state index in [0.717, 1.165) is 11.5 Å². The highest BCUT2D eigenvalue weighted by atomic mass is 127. The Bertz CT molecular complexity index is 163. The number of aliphatic carboxylic acids is 1. The number of rotatable bonds is 1. The van der Waals surface area contributed by atoms with E-state index < -0.39 is 9.51 Å². The van der Waals surface area contributed by atoms with Crippen molar-refractivity contribution >= 4 is 28.6 Å². The molecule has 1 fully saturated rings. The third-order valence-electron chi connectivity index (χ3n) is 1.61. The highest BCUT2D eigenvalue weighted by Crippen LogP contribution is 2.33. The number of halogens is 1. The van der Waals surface area contributed by atoms with Gasteiger partial charge in [-0.1, -0.05) is 0 Å². The van der Waals surface area contributed by atoms with E-state index in [4.69, 9.17) is 10.3 Å². The van der Waals surface area contributed by atoms with E-state index in [1.165, 1.54) is 0 Å². The summed E-state index contributed by atoms with van der Waals surface area (Å²) in [5, 5.41) is 18.6. The van der Waals surface area contributed by atoms with Crippen LogP contribution < -0.4 is 0 Å². The molecular formula is C5H8INO3. The lowest BCUT2D eigenvalue weighted by Crippen LogP contribution is -2.42. The summed E-state index contributed by atoms with van der Waals surface area (Å²) in [6.45, 7) is 0.454. The molecule has 10 heavy (non-hydrogen) atoms. The molecular weight excluding hydrogens is 249 g/mol. The smallest absolute Gasteiger partial charge is 0.336 e. The van der Waals surface area contributed by atoms with E-state index in [9.17, 15) is 4.79 Å². The van der Waals surface area contributed by atoms with Gasteiger partial charge in [-0.2, -0.15) is 5.06 Å². The van der Waals surface area contributed by atoms with Crippen molar-refractivity contribution < 1.29 is 15.1 Å². The first-order valence-corrected chi connectivity index (χ1v) is 4.04. The molecule has 0 aliphatic carbocycles. The lowest BCUT2D eigenvalue weighted by molar-refractivity contribution is -0.163. The molecule has 2 N–H and O–H groups in total. The van der Waals surface area contributed by atoms with Crippen LogP contribution in [0.5, 0.6) is 0 Å². The van der Waals surface area contributed by atoms with Gasteiger partial charge in [0, 0.05) is 6.54 Å². The first-order chi connectivity index (χ1) is 4.57. The zero-order valence-corrected chi connectivity index (χ0v) is 7.41. The van der Waals surface area contributed by atoms with Crippen LogP contribution in [0.3, 0.4) is 0 Å². The Hall–Kier alpha value is 0.120. The van der Waals surface area contributed by atoms with Crippen LogP contribution >= 0.6 is 22.6 Å². The topological polar surface area (TPSA) is 60.8 Å². The summed E-state index contributed by atoms with van der Waals surface area (Å²) in [6, 6.07) is 0. The molecule has 58 valence electrons. The van der Waals surface area contributed by atoms with Gasteiger partial charge in [-0.15, -0.1) is 0 Å². The molecule has 0 spiro atoms. The van der Waals surface area contributed by atoms with Gasteiger partial charge in [-0.25, -0.2) is 4.79 Å². The van der Waals surface area contributed by atoms with Crippen LogP contribution in [0.4, 0.5) is 0 Å².